The molecule has 2 amide bonds. The van der Waals surface area contributed by atoms with Crippen LogP contribution in [0.5, 0.6) is 5.75 Å². The molecule has 0 radical (unpaired) electrons. The first-order valence-corrected chi connectivity index (χ1v) is 8.66. The van der Waals surface area contributed by atoms with E-state index in [0.29, 0.717) is 16.5 Å². The first kappa shape index (κ1) is 15.4. The van der Waals surface area contributed by atoms with E-state index in [4.69, 9.17) is 16.3 Å². The third-order valence-electron chi connectivity index (χ3n) is 4.21. The highest BCUT2D eigenvalue weighted by Crippen LogP contribution is 2.53. The number of methoxy groups -OCH3 is 1. The van der Waals surface area contributed by atoms with Crippen molar-refractivity contribution in [1.29, 1.82) is 0 Å². The predicted molar refractivity (Wildman–Crippen MR) is 94.7 cm³/mol. The topological polar surface area (TPSA) is 58.6 Å². The normalized spacial score (nSPS) is 22.0. The van der Waals surface area contributed by atoms with Gasteiger partial charge in [0.05, 0.1) is 17.9 Å². The van der Waals surface area contributed by atoms with Crippen molar-refractivity contribution in [3.05, 3.63) is 53.1 Å². The molecular formula is C17H13ClN2O3S. The molecule has 1 N–H and O–H groups in total. The highest BCUT2D eigenvalue weighted by atomic mass is 35.5. The first-order valence-electron chi connectivity index (χ1n) is 7.29. The van der Waals surface area contributed by atoms with E-state index in [9.17, 15) is 9.59 Å². The van der Waals surface area contributed by atoms with Crippen LogP contribution in [-0.2, 0) is 14.5 Å². The Balaban J connectivity index is 1.89. The molecule has 1 atom stereocenters. The Morgan fingerprint density at radius 2 is 2.04 bits per heavy atom. The van der Waals surface area contributed by atoms with Gasteiger partial charge in [0.1, 0.15) is 5.75 Å². The number of nitrogens with zero attached hydrogens (tertiary/aromatic N) is 1. The van der Waals surface area contributed by atoms with Gasteiger partial charge in [0, 0.05) is 16.9 Å². The van der Waals surface area contributed by atoms with E-state index in [1.54, 1.807) is 18.2 Å². The summed E-state index contributed by atoms with van der Waals surface area (Å²) in [5, 5.41) is 3.27. The number of hydrogen-bond donors (Lipinski definition) is 1. The number of rotatable bonds is 2. The minimum Gasteiger partial charge on any atom is -0.495 e. The van der Waals surface area contributed by atoms with Crippen LogP contribution in [-0.4, -0.2) is 24.7 Å². The second kappa shape index (κ2) is 5.43. The van der Waals surface area contributed by atoms with Crippen molar-refractivity contribution in [3.63, 3.8) is 0 Å². The molecule has 2 aliphatic rings. The molecule has 0 bridgehead atoms. The van der Waals surface area contributed by atoms with Crippen molar-refractivity contribution in [3.8, 4) is 5.75 Å². The molecule has 1 spiro atoms. The molecule has 4 rings (SSSR count). The second-order valence-corrected chi connectivity index (χ2v) is 7.06. The fourth-order valence-electron chi connectivity index (χ4n) is 3.17. The number of thioether (sulfide) groups is 1. The summed E-state index contributed by atoms with van der Waals surface area (Å²) >= 11 is 7.54. The van der Waals surface area contributed by atoms with Gasteiger partial charge in [-0.05, 0) is 24.3 Å². The Morgan fingerprint density at radius 1 is 1.25 bits per heavy atom. The van der Waals surface area contributed by atoms with Gasteiger partial charge in [-0.3, -0.25) is 14.5 Å². The number of ether oxygens (including phenoxy) is 1. The molecule has 7 heteroatoms. The Hall–Kier alpha value is -2.18. The quantitative estimate of drug-likeness (QED) is 0.893. The molecule has 2 heterocycles. The molecule has 0 aliphatic carbocycles. The Bertz CT molecular complexity index is 873. The van der Waals surface area contributed by atoms with Gasteiger partial charge in [0.2, 0.25) is 10.8 Å². The molecule has 0 unspecified atom stereocenters. The molecule has 122 valence electrons. The maximum absolute atomic E-state index is 12.8. The highest BCUT2D eigenvalue weighted by Gasteiger charge is 2.58. The molecule has 1 saturated heterocycles. The van der Waals surface area contributed by atoms with Gasteiger partial charge in [-0.25, -0.2) is 0 Å². The third kappa shape index (κ3) is 1.96. The van der Waals surface area contributed by atoms with Crippen LogP contribution in [0.3, 0.4) is 0 Å². The van der Waals surface area contributed by atoms with Crippen molar-refractivity contribution >= 4 is 46.6 Å². The Kier molecular flexibility index (Phi) is 3.47. The summed E-state index contributed by atoms with van der Waals surface area (Å²) in [5.41, 5.74) is 2.09. The lowest BCUT2D eigenvalue weighted by molar-refractivity contribution is -0.122. The standard InChI is InChI=1S/C17H13ClN2O3S/c1-23-14-7-6-10(8-12(14)18)20-15(21)9-24-17(20)11-4-2-3-5-13(11)19-16(17)22/h2-8H,9H2,1H3,(H,19,22)/t17-/m1/s1. The van der Waals surface area contributed by atoms with Gasteiger partial charge in [-0.2, -0.15) is 0 Å². The monoisotopic (exact) mass is 360 g/mol. The summed E-state index contributed by atoms with van der Waals surface area (Å²) in [7, 11) is 1.53. The lowest BCUT2D eigenvalue weighted by atomic mass is 10.0. The fourth-order valence-corrected chi connectivity index (χ4v) is 4.74. The van der Waals surface area contributed by atoms with Gasteiger partial charge >= 0.3 is 0 Å². The molecular weight excluding hydrogens is 348 g/mol. The minimum absolute atomic E-state index is 0.131. The van der Waals surface area contributed by atoms with Crippen molar-refractivity contribution in [1.82, 2.24) is 0 Å². The molecule has 0 saturated carbocycles. The van der Waals surface area contributed by atoms with Gasteiger partial charge < -0.3 is 10.1 Å². The number of fused-ring (bicyclic) bond motifs is 2. The molecule has 5 nitrogen and oxygen atoms in total. The van der Waals surface area contributed by atoms with Gasteiger partial charge in [-0.15, -0.1) is 11.8 Å². The molecule has 2 aliphatic heterocycles. The average Bonchev–Trinajstić information content (AvgIpc) is 3.07. The van der Waals surface area contributed by atoms with Crippen molar-refractivity contribution in [2.75, 3.05) is 23.1 Å². The van der Waals surface area contributed by atoms with Crippen LogP contribution in [0.15, 0.2) is 42.5 Å². The number of nitrogens with one attached hydrogen (secondary N) is 1. The lowest BCUT2D eigenvalue weighted by Crippen LogP contribution is -2.47. The van der Waals surface area contributed by atoms with E-state index in [-0.39, 0.29) is 17.6 Å². The van der Waals surface area contributed by atoms with E-state index in [0.717, 1.165) is 11.3 Å². The van der Waals surface area contributed by atoms with Crippen LogP contribution in [0.2, 0.25) is 5.02 Å². The van der Waals surface area contributed by atoms with Gasteiger partial charge in [0.15, 0.2) is 0 Å². The second-order valence-electron chi connectivity index (χ2n) is 5.48. The van der Waals surface area contributed by atoms with E-state index < -0.39 is 4.87 Å². The zero-order chi connectivity index (χ0) is 16.9. The summed E-state index contributed by atoms with van der Waals surface area (Å²) in [6.45, 7) is 0. The molecule has 0 aromatic heterocycles. The van der Waals surface area contributed by atoms with E-state index in [2.05, 4.69) is 5.32 Å². The predicted octanol–water partition coefficient (Wildman–Crippen LogP) is 3.23. The first-order chi connectivity index (χ1) is 11.6. The van der Waals surface area contributed by atoms with Gasteiger partial charge in [0.25, 0.3) is 5.91 Å². The zero-order valence-electron chi connectivity index (χ0n) is 12.7. The van der Waals surface area contributed by atoms with Crippen LogP contribution >= 0.6 is 23.4 Å². The SMILES string of the molecule is COc1ccc(N2C(=O)CS[C@]23C(=O)Nc2ccccc23)cc1Cl. The van der Waals surface area contributed by atoms with Crippen LogP contribution in [0, 0.1) is 0 Å². The summed E-state index contributed by atoms with van der Waals surface area (Å²) in [6, 6.07) is 12.5. The summed E-state index contributed by atoms with van der Waals surface area (Å²) in [6.07, 6.45) is 0. The summed E-state index contributed by atoms with van der Waals surface area (Å²) in [5.74, 6) is 0.399. The zero-order valence-corrected chi connectivity index (χ0v) is 14.3. The minimum atomic E-state index is -1.09. The number of anilines is 2. The third-order valence-corrected chi connectivity index (χ3v) is 5.90. The highest BCUT2D eigenvalue weighted by molar-refractivity contribution is 8.02. The van der Waals surface area contributed by atoms with Crippen LogP contribution in [0.4, 0.5) is 11.4 Å². The number of amides is 2. The average molecular weight is 361 g/mol. The maximum Gasteiger partial charge on any atom is 0.266 e. The van der Waals surface area contributed by atoms with Crippen molar-refractivity contribution in [2.45, 2.75) is 4.87 Å². The Morgan fingerprint density at radius 3 is 2.79 bits per heavy atom. The van der Waals surface area contributed by atoms with E-state index >= 15 is 0 Å². The Labute approximate surface area is 147 Å². The van der Waals surface area contributed by atoms with E-state index in [1.807, 2.05) is 24.3 Å². The van der Waals surface area contributed by atoms with Crippen LogP contribution < -0.4 is 15.0 Å². The number of benzene rings is 2. The smallest absolute Gasteiger partial charge is 0.266 e. The molecule has 2 aromatic rings. The number of carbonyl (C=O) groups excluding carboxylic acids is 2. The fraction of sp³-hybridized carbons (Fsp3) is 0.176. The summed E-state index contributed by atoms with van der Waals surface area (Å²) in [4.78, 5) is 25.9. The van der Waals surface area contributed by atoms with Crippen molar-refractivity contribution < 1.29 is 14.3 Å². The van der Waals surface area contributed by atoms with Crippen molar-refractivity contribution in [2.24, 2.45) is 0 Å². The van der Waals surface area contributed by atoms with Gasteiger partial charge in [-0.1, -0.05) is 29.8 Å². The van der Waals surface area contributed by atoms with Crippen LogP contribution in [0.25, 0.3) is 0 Å². The largest absolute Gasteiger partial charge is 0.495 e. The number of hydrogen-bond acceptors (Lipinski definition) is 4. The molecule has 24 heavy (non-hydrogen) atoms. The number of para-hydroxylation sites is 1. The maximum atomic E-state index is 12.8. The lowest BCUT2D eigenvalue weighted by Gasteiger charge is -2.32. The molecule has 2 aromatic carbocycles. The van der Waals surface area contributed by atoms with Crippen LogP contribution in [0.1, 0.15) is 5.56 Å². The number of halogens is 1. The molecule has 1 fully saturated rings. The summed E-state index contributed by atoms with van der Waals surface area (Å²) < 4.78 is 5.16. The van der Waals surface area contributed by atoms with E-state index in [1.165, 1.54) is 23.8 Å². The number of carbonyl (C=O) groups is 2.